The molecular formula is C13H10N4O2. The first-order chi connectivity index (χ1) is 9.20. The second-order valence-electron chi connectivity index (χ2n) is 4.07. The Morgan fingerprint density at radius 1 is 1.21 bits per heavy atom. The zero-order valence-corrected chi connectivity index (χ0v) is 10.1. The summed E-state index contributed by atoms with van der Waals surface area (Å²) < 4.78 is 5.04. The third-order valence-electron chi connectivity index (χ3n) is 2.55. The lowest BCUT2D eigenvalue weighted by Crippen LogP contribution is -1.93. The van der Waals surface area contributed by atoms with Crippen LogP contribution in [0.5, 0.6) is 0 Å². The molecule has 3 aromatic rings. The molecule has 3 rings (SSSR count). The highest BCUT2D eigenvalue weighted by molar-refractivity contribution is 5.79. The fourth-order valence-electron chi connectivity index (χ4n) is 1.68. The average Bonchev–Trinajstić information content (AvgIpc) is 2.82. The van der Waals surface area contributed by atoms with Crippen LogP contribution < -0.4 is 5.63 Å². The number of hydrogen-bond acceptors (Lipinski definition) is 5. The molecule has 0 spiro atoms. The number of nitrogens with one attached hydrogen (secondary N) is 1. The van der Waals surface area contributed by atoms with Gasteiger partial charge in [0.2, 0.25) is 5.95 Å². The van der Waals surface area contributed by atoms with Crippen LogP contribution in [0.4, 0.5) is 11.6 Å². The topological polar surface area (TPSA) is 83.6 Å². The van der Waals surface area contributed by atoms with Gasteiger partial charge in [0.25, 0.3) is 0 Å². The molecule has 0 amide bonds. The Hall–Kier alpha value is -2.76. The van der Waals surface area contributed by atoms with Crippen molar-refractivity contribution in [3.63, 3.8) is 0 Å². The number of aryl methyl sites for hydroxylation is 1. The molecule has 0 fully saturated rings. The molecule has 0 radical (unpaired) electrons. The van der Waals surface area contributed by atoms with Crippen LogP contribution in [-0.2, 0) is 0 Å². The molecule has 0 aliphatic heterocycles. The molecule has 0 aliphatic rings. The normalized spacial score (nSPS) is 11.4. The van der Waals surface area contributed by atoms with Gasteiger partial charge in [-0.2, -0.15) is 0 Å². The standard InChI is InChI=1S/C13H10N4O2/c1-8-7-14-13(15-8)17-16-10-3-4-11-9(6-10)2-5-12(18)19-11/h2-7H,1H3,(H,14,15). The smallest absolute Gasteiger partial charge is 0.336 e. The van der Waals surface area contributed by atoms with Crippen molar-refractivity contribution in [3.8, 4) is 0 Å². The van der Waals surface area contributed by atoms with Gasteiger partial charge in [0.05, 0.1) is 5.69 Å². The molecular weight excluding hydrogens is 244 g/mol. The lowest BCUT2D eigenvalue weighted by Gasteiger charge is -1.96. The summed E-state index contributed by atoms with van der Waals surface area (Å²) in [4.78, 5) is 18.0. The van der Waals surface area contributed by atoms with Gasteiger partial charge in [-0.05, 0) is 31.2 Å². The summed E-state index contributed by atoms with van der Waals surface area (Å²) in [5, 5.41) is 8.86. The highest BCUT2D eigenvalue weighted by atomic mass is 16.4. The average molecular weight is 254 g/mol. The molecule has 0 atom stereocenters. The molecule has 0 bridgehead atoms. The van der Waals surface area contributed by atoms with Crippen LogP contribution in [0, 0.1) is 6.92 Å². The minimum atomic E-state index is -0.368. The van der Waals surface area contributed by atoms with E-state index in [4.69, 9.17) is 4.42 Å². The Morgan fingerprint density at radius 2 is 2.11 bits per heavy atom. The third kappa shape index (κ3) is 2.42. The van der Waals surface area contributed by atoms with Crippen molar-refractivity contribution >= 4 is 22.6 Å². The molecule has 0 unspecified atom stereocenters. The van der Waals surface area contributed by atoms with Crippen molar-refractivity contribution in [1.82, 2.24) is 9.97 Å². The lowest BCUT2D eigenvalue weighted by molar-refractivity contribution is 0.561. The maximum atomic E-state index is 11.1. The van der Waals surface area contributed by atoms with E-state index in [1.165, 1.54) is 6.07 Å². The second-order valence-corrected chi connectivity index (χ2v) is 4.07. The summed E-state index contributed by atoms with van der Waals surface area (Å²) in [6.45, 7) is 1.89. The zero-order chi connectivity index (χ0) is 13.2. The van der Waals surface area contributed by atoms with Gasteiger partial charge in [-0.3, -0.25) is 0 Å². The van der Waals surface area contributed by atoms with Crippen LogP contribution in [0.3, 0.4) is 0 Å². The van der Waals surface area contributed by atoms with Gasteiger partial charge in [-0.15, -0.1) is 10.2 Å². The predicted molar refractivity (Wildman–Crippen MR) is 70.0 cm³/mol. The van der Waals surface area contributed by atoms with Gasteiger partial charge >= 0.3 is 5.63 Å². The van der Waals surface area contributed by atoms with E-state index >= 15 is 0 Å². The van der Waals surface area contributed by atoms with Gasteiger partial charge in [-0.1, -0.05) is 0 Å². The monoisotopic (exact) mass is 254 g/mol. The number of nitrogens with zero attached hydrogens (tertiary/aromatic N) is 3. The zero-order valence-electron chi connectivity index (χ0n) is 10.1. The van der Waals surface area contributed by atoms with E-state index < -0.39 is 0 Å². The Labute approximate surface area is 107 Å². The number of hydrogen-bond donors (Lipinski definition) is 1. The number of rotatable bonds is 2. The largest absolute Gasteiger partial charge is 0.423 e. The molecule has 94 valence electrons. The number of aromatic amines is 1. The number of benzene rings is 1. The number of H-pyrrole nitrogens is 1. The molecule has 0 saturated heterocycles. The van der Waals surface area contributed by atoms with E-state index in [0.717, 1.165) is 11.1 Å². The molecule has 2 heterocycles. The predicted octanol–water partition coefficient (Wildman–Crippen LogP) is 3.24. The minimum absolute atomic E-state index is 0.368. The maximum absolute atomic E-state index is 11.1. The molecule has 6 nitrogen and oxygen atoms in total. The van der Waals surface area contributed by atoms with Gasteiger partial charge in [0, 0.05) is 23.3 Å². The first-order valence-electron chi connectivity index (χ1n) is 5.68. The van der Waals surface area contributed by atoms with Crippen molar-refractivity contribution in [2.45, 2.75) is 6.92 Å². The molecule has 1 aromatic carbocycles. The summed E-state index contributed by atoms with van der Waals surface area (Å²) in [6.07, 6.45) is 1.68. The molecule has 2 aromatic heterocycles. The van der Waals surface area contributed by atoms with E-state index in [9.17, 15) is 4.79 Å². The van der Waals surface area contributed by atoms with E-state index in [1.54, 1.807) is 30.5 Å². The van der Waals surface area contributed by atoms with Gasteiger partial charge < -0.3 is 9.40 Å². The van der Waals surface area contributed by atoms with E-state index in [1.807, 2.05) is 6.92 Å². The highest BCUT2D eigenvalue weighted by Gasteiger charge is 1.99. The third-order valence-corrected chi connectivity index (χ3v) is 2.55. The van der Waals surface area contributed by atoms with Gasteiger partial charge in [0.15, 0.2) is 0 Å². The summed E-state index contributed by atoms with van der Waals surface area (Å²) in [7, 11) is 0. The van der Waals surface area contributed by atoms with Gasteiger partial charge in [0.1, 0.15) is 5.58 Å². The quantitative estimate of drug-likeness (QED) is 0.562. The summed E-state index contributed by atoms with van der Waals surface area (Å²) in [5.74, 6) is 0.456. The van der Waals surface area contributed by atoms with Crippen LogP contribution in [0.1, 0.15) is 5.69 Å². The molecule has 6 heteroatoms. The number of fused-ring (bicyclic) bond motifs is 1. The van der Waals surface area contributed by atoms with Crippen LogP contribution >= 0.6 is 0 Å². The Balaban J connectivity index is 1.95. The van der Waals surface area contributed by atoms with Crippen LogP contribution in [0.25, 0.3) is 11.0 Å². The number of aromatic nitrogens is 2. The lowest BCUT2D eigenvalue weighted by atomic mass is 10.2. The first kappa shape index (κ1) is 11.3. The van der Waals surface area contributed by atoms with E-state index in [2.05, 4.69) is 20.2 Å². The Kier molecular flexibility index (Phi) is 2.68. The first-order valence-corrected chi connectivity index (χ1v) is 5.68. The van der Waals surface area contributed by atoms with Crippen molar-refractivity contribution in [2.24, 2.45) is 10.2 Å². The summed E-state index contributed by atoms with van der Waals surface area (Å²) in [5.41, 5.74) is 1.75. The molecule has 0 aliphatic carbocycles. The fourth-order valence-corrected chi connectivity index (χ4v) is 1.68. The van der Waals surface area contributed by atoms with E-state index in [-0.39, 0.29) is 5.63 Å². The van der Waals surface area contributed by atoms with Crippen molar-refractivity contribution in [1.29, 1.82) is 0 Å². The summed E-state index contributed by atoms with van der Waals surface area (Å²) >= 11 is 0. The maximum Gasteiger partial charge on any atom is 0.336 e. The number of azo groups is 1. The van der Waals surface area contributed by atoms with E-state index in [0.29, 0.717) is 17.2 Å². The Morgan fingerprint density at radius 3 is 2.89 bits per heavy atom. The molecule has 0 saturated carbocycles. The molecule has 19 heavy (non-hydrogen) atoms. The SMILES string of the molecule is Cc1cnc(N=Nc2ccc3oc(=O)ccc3c2)[nH]1. The number of imidazole rings is 1. The Bertz CT molecular complexity index is 817. The van der Waals surface area contributed by atoms with Crippen LogP contribution in [-0.4, -0.2) is 9.97 Å². The minimum Gasteiger partial charge on any atom is -0.423 e. The molecule has 1 N–H and O–H groups in total. The van der Waals surface area contributed by atoms with Crippen molar-refractivity contribution < 1.29 is 4.42 Å². The van der Waals surface area contributed by atoms with Crippen molar-refractivity contribution in [3.05, 3.63) is 52.6 Å². The summed E-state index contributed by atoms with van der Waals surface area (Å²) in [6, 6.07) is 8.27. The van der Waals surface area contributed by atoms with Crippen molar-refractivity contribution in [2.75, 3.05) is 0 Å². The van der Waals surface area contributed by atoms with Crippen LogP contribution in [0.15, 0.2) is 56.0 Å². The second kappa shape index (κ2) is 4.49. The van der Waals surface area contributed by atoms with Gasteiger partial charge in [-0.25, -0.2) is 9.78 Å². The fraction of sp³-hybridized carbons (Fsp3) is 0.0769. The highest BCUT2D eigenvalue weighted by Crippen LogP contribution is 2.21. The van der Waals surface area contributed by atoms with Crippen LogP contribution in [0.2, 0.25) is 0 Å².